The maximum atomic E-state index is 11.6. The summed E-state index contributed by atoms with van der Waals surface area (Å²) in [5, 5.41) is 22.7. The van der Waals surface area contributed by atoms with Crippen LogP contribution in [0.3, 0.4) is 0 Å². The molecule has 11 atom stereocenters. The largest absolute Gasteiger partial charge is 0.441 e. The number of methoxy groups -OCH3 is 1. The summed E-state index contributed by atoms with van der Waals surface area (Å²) < 4.78 is 12.5. The molecule has 0 amide bonds. The number of aliphatic hydroxyl groups is 2. The second-order valence-electron chi connectivity index (χ2n) is 13.5. The second-order valence-corrected chi connectivity index (χ2v) is 14.0. The van der Waals surface area contributed by atoms with E-state index in [9.17, 15) is 10.2 Å². The molecule has 5 aliphatic carbocycles. The normalized spacial score (nSPS) is 46.9. The summed E-state index contributed by atoms with van der Waals surface area (Å²) in [5.74, 6) is 4.00. The van der Waals surface area contributed by atoms with Crippen molar-refractivity contribution in [2.75, 3.05) is 7.11 Å². The first-order valence-corrected chi connectivity index (χ1v) is 15.1. The number of aliphatic hydroxyl groups excluding tert-OH is 2. The maximum Gasteiger partial charge on any atom is 0.195 e. The van der Waals surface area contributed by atoms with Gasteiger partial charge < -0.3 is 19.4 Å². The molecular formula is C31H42ClNO4. The minimum absolute atomic E-state index is 0.195. The van der Waals surface area contributed by atoms with Gasteiger partial charge in [-0.25, -0.2) is 4.98 Å². The fourth-order valence-corrected chi connectivity index (χ4v) is 11.1. The molecule has 2 N–H and O–H groups in total. The number of fused-ring (bicyclic) bond motifs is 5. The van der Waals surface area contributed by atoms with Crippen molar-refractivity contribution in [1.82, 2.24) is 4.98 Å². The third kappa shape index (κ3) is 3.63. The van der Waals surface area contributed by atoms with Crippen LogP contribution < -0.4 is 0 Å². The predicted molar refractivity (Wildman–Crippen MR) is 143 cm³/mol. The van der Waals surface area contributed by atoms with Crippen molar-refractivity contribution in [3.63, 3.8) is 0 Å². The Kier molecular flexibility index (Phi) is 6.01. The minimum atomic E-state index is -0.238. The number of nitrogens with zero attached hydrogens (tertiary/aromatic N) is 1. The van der Waals surface area contributed by atoms with Gasteiger partial charge in [0.15, 0.2) is 11.5 Å². The van der Waals surface area contributed by atoms with Gasteiger partial charge in [0.2, 0.25) is 0 Å². The number of aryl methyl sites for hydroxylation is 1. The van der Waals surface area contributed by atoms with E-state index in [4.69, 9.17) is 25.7 Å². The van der Waals surface area contributed by atoms with E-state index in [2.05, 4.69) is 6.92 Å². The molecular weight excluding hydrogens is 486 g/mol. The highest BCUT2D eigenvalue weighted by Crippen LogP contribution is 2.72. The number of halogens is 1. The van der Waals surface area contributed by atoms with Crippen LogP contribution in [0, 0.1) is 46.3 Å². The highest BCUT2D eigenvalue weighted by atomic mass is 35.5. The number of oxazole rings is 1. The Labute approximate surface area is 225 Å². The average molecular weight is 528 g/mol. The van der Waals surface area contributed by atoms with Gasteiger partial charge in [-0.1, -0.05) is 18.5 Å². The third-order valence-electron chi connectivity index (χ3n) is 12.4. The Morgan fingerprint density at radius 3 is 2.73 bits per heavy atom. The Morgan fingerprint density at radius 2 is 1.89 bits per heavy atom. The van der Waals surface area contributed by atoms with Gasteiger partial charge >= 0.3 is 0 Å². The van der Waals surface area contributed by atoms with Crippen LogP contribution in [0.25, 0.3) is 11.1 Å². The minimum Gasteiger partial charge on any atom is -0.441 e. The molecule has 7 rings (SSSR count). The van der Waals surface area contributed by atoms with Crippen LogP contribution in [0.15, 0.2) is 22.6 Å². The fraction of sp³-hybridized carbons (Fsp3) is 0.774. The number of benzene rings is 1. The van der Waals surface area contributed by atoms with Crippen LogP contribution in [0.5, 0.6) is 0 Å². The summed E-state index contributed by atoms with van der Waals surface area (Å²) in [7, 11) is 1.94. The molecule has 1 spiro atoms. The second kappa shape index (κ2) is 8.94. The summed E-state index contributed by atoms with van der Waals surface area (Å²) in [5.41, 5.74) is 2.08. The van der Waals surface area contributed by atoms with Crippen LogP contribution in [0.1, 0.15) is 77.0 Å². The molecule has 0 aliphatic heterocycles. The molecule has 5 fully saturated rings. The summed E-state index contributed by atoms with van der Waals surface area (Å²) >= 11 is 6.14. The average Bonchev–Trinajstić information content (AvgIpc) is 3.55. The van der Waals surface area contributed by atoms with Crippen LogP contribution in [-0.2, 0) is 11.2 Å². The van der Waals surface area contributed by atoms with Gasteiger partial charge in [0.25, 0.3) is 0 Å². The zero-order chi connectivity index (χ0) is 25.5. The van der Waals surface area contributed by atoms with Gasteiger partial charge in [-0.3, -0.25) is 0 Å². The van der Waals surface area contributed by atoms with E-state index < -0.39 is 0 Å². The Bertz CT molecular complexity index is 1170. The lowest BCUT2D eigenvalue weighted by atomic mass is 9.43. The quantitative estimate of drug-likeness (QED) is 0.480. The van der Waals surface area contributed by atoms with E-state index in [1.165, 1.54) is 25.7 Å². The zero-order valence-electron chi connectivity index (χ0n) is 22.2. The molecule has 2 aromatic rings. The molecule has 6 heteroatoms. The first-order chi connectivity index (χ1) is 17.8. The number of ether oxygens (including phenoxy) is 1. The number of aromatic nitrogens is 1. The molecule has 5 saturated carbocycles. The summed E-state index contributed by atoms with van der Waals surface area (Å²) in [6, 6.07) is 5.66. The first-order valence-electron chi connectivity index (χ1n) is 14.8. The van der Waals surface area contributed by atoms with Gasteiger partial charge in [0.05, 0.1) is 18.3 Å². The van der Waals surface area contributed by atoms with Crippen LogP contribution in [-0.4, -0.2) is 40.6 Å². The fourth-order valence-electron chi connectivity index (χ4n) is 10.9. The maximum absolute atomic E-state index is 11.6. The number of rotatable bonds is 4. The highest BCUT2D eigenvalue weighted by Gasteiger charge is 2.69. The third-order valence-corrected chi connectivity index (χ3v) is 12.6. The molecule has 0 bridgehead atoms. The van der Waals surface area contributed by atoms with Gasteiger partial charge in [-0.05, 0) is 117 Å². The van der Waals surface area contributed by atoms with E-state index in [1.54, 1.807) is 0 Å². The molecule has 5 aliphatic rings. The van der Waals surface area contributed by atoms with E-state index in [-0.39, 0.29) is 29.1 Å². The summed E-state index contributed by atoms with van der Waals surface area (Å²) in [4.78, 5) is 4.73. The molecule has 37 heavy (non-hydrogen) atoms. The highest BCUT2D eigenvalue weighted by molar-refractivity contribution is 6.31. The van der Waals surface area contributed by atoms with E-state index in [0.29, 0.717) is 40.5 Å². The van der Waals surface area contributed by atoms with Crippen LogP contribution in [0.4, 0.5) is 0 Å². The molecule has 0 saturated heterocycles. The van der Waals surface area contributed by atoms with E-state index >= 15 is 0 Å². The number of hydrogen-bond acceptors (Lipinski definition) is 5. The van der Waals surface area contributed by atoms with Crippen molar-refractivity contribution >= 4 is 22.7 Å². The van der Waals surface area contributed by atoms with Crippen molar-refractivity contribution in [1.29, 1.82) is 0 Å². The molecule has 0 radical (unpaired) electrons. The topological polar surface area (TPSA) is 75.7 Å². The van der Waals surface area contributed by atoms with Crippen molar-refractivity contribution < 1.29 is 19.4 Å². The Morgan fingerprint density at radius 1 is 1.05 bits per heavy atom. The molecule has 1 aromatic heterocycles. The predicted octanol–water partition coefficient (Wildman–Crippen LogP) is 6.42. The van der Waals surface area contributed by atoms with Gasteiger partial charge in [0.1, 0.15) is 5.52 Å². The standard InChI is InChI=1S/C31H42ClNO4/c1-30-11-10-20(34)13-18(30)14-25(35)29-22-6-5-21-17(9-12-31(21,22)27(36-2)16-23(29)30)3-8-28-33-24-7-4-19(32)15-26(24)37-28/h4,7,15,17-18,20-23,25,27,29,34-35H,3,5-6,8-14,16H2,1-2H3/t17?,18-,20+,21+,22-,23-,25+,27-,29-,30-,31+/m0/s1. The zero-order valence-corrected chi connectivity index (χ0v) is 23.0. The molecule has 1 unspecified atom stereocenters. The van der Waals surface area contributed by atoms with Crippen LogP contribution in [0.2, 0.25) is 5.02 Å². The first kappa shape index (κ1) is 24.9. The van der Waals surface area contributed by atoms with E-state index in [0.717, 1.165) is 61.9 Å². The van der Waals surface area contributed by atoms with Crippen molar-refractivity contribution in [2.24, 2.45) is 46.3 Å². The van der Waals surface area contributed by atoms with Gasteiger partial charge in [0, 0.05) is 30.0 Å². The number of hydrogen-bond donors (Lipinski definition) is 2. The van der Waals surface area contributed by atoms with Crippen molar-refractivity contribution in [3.05, 3.63) is 29.1 Å². The van der Waals surface area contributed by atoms with Gasteiger partial charge in [-0.15, -0.1) is 0 Å². The van der Waals surface area contributed by atoms with Crippen molar-refractivity contribution in [3.8, 4) is 0 Å². The van der Waals surface area contributed by atoms with Gasteiger partial charge in [-0.2, -0.15) is 0 Å². The lowest BCUT2D eigenvalue weighted by Crippen LogP contribution is -2.62. The van der Waals surface area contributed by atoms with E-state index in [1.807, 2.05) is 25.3 Å². The monoisotopic (exact) mass is 527 g/mol. The molecule has 5 nitrogen and oxygen atoms in total. The lowest BCUT2D eigenvalue weighted by molar-refractivity contribution is -0.211. The molecule has 1 heterocycles. The lowest BCUT2D eigenvalue weighted by Gasteiger charge is -2.64. The molecule has 1 aromatic carbocycles. The SMILES string of the molecule is CO[C@H]1C[C@H]2[C@@H]([C@H](O)C[C@@H]3C[C@H](O)CC[C@@]32C)[C@@H]2CC[C@@H]3C(CCc4nc5ccc(Cl)cc5o4)CC[C@@]132. The molecule has 202 valence electrons. The smallest absolute Gasteiger partial charge is 0.195 e. The summed E-state index contributed by atoms with van der Waals surface area (Å²) in [6.45, 7) is 2.48. The Balaban J connectivity index is 1.13. The van der Waals surface area contributed by atoms with Crippen LogP contribution >= 0.6 is 11.6 Å². The summed E-state index contributed by atoms with van der Waals surface area (Å²) in [6.07, 6.45) is 11.6. The van der Waals surface area contributed by atoms with Crippen molar-refractivity contribution in [2.45, 2.75) is 95.9 Å². The Hall–Kier alpha value is -1.14.